The van der Waals surface area contributed by atoms with Gasteiger partial charge in [0.1, 0.15) is 5.69 Å². The van der Waals surface area contributed by atoms with Gasteiger partial charge in [-0.2, -0.15) is 5.10 Å². The number of aromatic amines is 1. The van der Waals surface area contributed by atoms with Crippen LogP contribution in [0.15, 0.2) is 6.07 Å². The summed E-state index contributed by atoms with van der Waals surface area (Å²) in [7, 11) is 0. The molecule has 2 amide bonds. The molecule has 1 aliphatic heterocycles. The van der Waals surface area contributed by atoms with Crippen molar-refractivity contribution in [2.45, 2.75) is 52.4 Å². The van der Waals surface area contributed by atoms with Crippen molar-refractivity contribution in [2.24, 2.45) is 5.92 Å². The third kappa shape index (κ3) is 5.27. The average molecular weight is 352 g/mol. The Hall–Kier alpha value is -1.93. The normalized spacial score (nSPS) is 20.4. The number of morpholine rings is 1. The number of aromatic nitrogens is 2. The van der Waals surface area contributed by atoms with Crippen molar-refractivity contribution in [1.82, 2.24) is 20.4 Å². The summed E-state index contributed by atoms with van der Waals surface area (Å²) in [4.78, 5) is 26.2. The number of nitrogens with zero attached hydrogens (tertiary/aromatic N) is 2. The lowest BCUT2D eigenvalue weighted by Crippen LogP contribution is -2.54. The van der Waals surface area contributed by atoms with Crippen LogP contribution in [0, 0.1) is 12.8 Å². The molecule has 1 fully saturated rings. The number of carbonyl (C=O) groups excluding carboxylic acids is 2. The molecule has 8 heteroatoms. The maximum Gasteiger partial charge on any atom is 0.272 e. The molecule has 2 heterocycles. The second kappa shape index (κ2) is 8.44. The van der Waals surface area contributed by atoms with Gasteiger partial charge in [0.2, 0.25) is 5.91 Å². The monoisotopic (exact) mass is 352 g/mol. The van der Waals surface area contributed by atoms with Crippen LogP contribution in [0.4, 0.5) is 0 Å². The summed E-state index contributed by atoms with van der Waals surface area (Å²) in [6.45, 7) is 8.74. The van der Waals surface area contributed by atoms with E-state index in [2.05, 4.69) is 15.5 Å². The fourth-order valence-electron chi connectivity index (χ4n) is 2.66. The van der Waals surface area contributed by atoms with Crippen LogP contribution in [0.25, 0.3) is 0 Å². The van der Waals surface area contributed by atoms with E-state index in [1.807, 2.05) is 27.7 Å². The van der Waals surface area contributed by atoms with Gasteiger partial charge in [0.15, 0.2) is 0 Å². The number of aliphatic hydroxyl groups is 1. The fraction of sp³-hybridized carbons (Fsp3) is 0.706. The predicted octanol–water partition coefficient (Wildman–Crippen LogP) is 0.471. The van der Waals surface area contributed by atoms with Crippen molar-refractivity contribution in [3.8, 4) is 0 Å². The zero-order chi connectivity index (χ0) is 18.6. The SMILES string of the molecule is Cc1cc(C(=O)NC(C)C2CN(C(=O)CC(O)C(C)C)CCO2)n[nH]1. The number of nitrogens with one attached hydrogen (secondary N) is 2. The highest BCUT2D eigenvalue weighted by atomic mass is 16.5. The average Bonchev–Trinajstić information content (AvgIpc) is 3.01. The van der Waals surface area contributed by atoms with E-state index < -0.39 is 6.10 Å². The zero-order valence-corrected chi connectivity index (χ0v) is 15.3. The largest absolute Gasteiger partial charge is 0.392 e. The topological polar surface area (TPSA) is 108 Å². The van der Waals surface area contributed by atoms with Crippen molar-refractivity contribution < 1.29 is 19.4 Å². The van der Waals surface area contributed by atoms with Gasteiger partial charge in [-0.15, -0.1) is 0 Å². The molecule has 140 valence electrons. The van der Waals surface area contributed by atoms with E-state index in [0.29, 0.717) is 25.4 Å². The van der Waals surface area contributed by atoms with Crippen LogP contribution in [0.2, 0.25) is 0 Å². The maximum atomic E-state index is 12.3. The maximum absolute atomic E-state index is 12.3. The minimum absolute atomic E-state index is 0.0382. The summed E-state index contributed by atoms with van der Waals surface area (Å²) in [6.07, 6.45) is -0.829. The molecule has 1 aliphatic rings. The van der Waals surface area contributed by atoms with Crippen LogP contribution in [0.5, 0.6) is 0 Å². The van der Waals surface area contributed by atoms with Crippen molar-refractivity contribution in [2.75, 3.05) is 19.7 Å². The Kier molecular flexibility index (Phi) is 6.55. The quantitative estimate of drug-likeness (QED) is 0.690. The molecular formula is C17H28N4O4. The van der Waals surface area contributed by atoms with Crippen LogP contribution < -0.4 is 5.32 Å². The van der Waals surface area contributed by atoms with Gasteiger partial charge in [0.05, 0.1) is 31.3 Å². The molecule has 0 saturated carbocycles. The van der Waals surface area contributed by atoms with Crippen LogP contribution in [0.1, 0.15) is 43.4 Å². The molecule has 3 N–H and O–H groups in total. The minimum Gasteiger partial charge on any atom is -0.392 e. The lowest BCUT2D eigenvalue weighted by molar-refractivity contribution is -0.142. The molecular weight excluding hydrogens is 324 g/mol. The van der Waals surface area contributed by atoms with Gasteiger partial charge in [-0.25, -0.2) is 0 Å². The Balaban J connectivity index is 1.89. The Morgan fingerprint density at radius 2 is 2.20 bits per heavy atom. The van der Waals surface area contributed by atoms with Crippen LogP contribution in [-0.4, -0.2) is 70.0 Å². The molecule has 1 saturated heterocycles. The molecule has 3 unspecified atom stereocenters. The molecule has 25 heavy (non-hydrogen) atoms. The predicted molar refractivity (Wildman–Crippen MR) is 92.0 cm³/mol. The molecule has 8 nitrogen and oxygen atoms in total. The van der Waals surface area contributed by atoms with Gasteiger partial charge < -0.3 is 20.1 Å². The van der Waals surface area contributed by atoms with Gasteiger partial charge in [-0.1, -0.05) is 13.8 Å². The molecule has 3 atom stereocenters. The second-order valence-corrected chi connectivity index (χ2v) is 6.96. The highest BCUT2D eigenvalue weighted by Gasteiger charge is 2.30. The summed E-state index contributed by atoms with van der Waals surface area (Å²) in [5, 5.41) is 19.4. The van der Waals surface area contributed by atoms with E-state index in [-0.39, 0.29) is 36.3 Å². The third-order valence-electron chi connectivity index (χ3n) is 4.45. The van der Waals surface area contributed by atoms with Crippen molar-refractivity contribution in [3.05, 3.63) is 17.5 Å². The molecule has 0 aliphatic carbocycles. The lowest BCUT2D eigenvalue weighted by Gasteiger charge is -2.36. The summed E-state index contributed by atoms with van der Waals surface area (Å²) < 4.78 is 5.72. The fourth-order valence-corrected chi connectivity index (χ4v) is 2.66. The Morgan fingerprint density at radius 1 is 1.48 bits per heavy atom. The van der Waals surface area contributed by atoms with E-state index in [1.54, 1.807) is 11.0 Å². The number of amides is 2. The molecule has 1 aromatic rings. The molecule has 1 aromatic heterocycles. The molecule has 0 aromatic carbocycles. The van der Waals surface area contributed by atoms with Gasteiger partial charge in [0.25, 0.3) is 5.91 Å². The number of hydrogen-bond acceptors (Lipinski definition) is 5. The van der Waals surface area contributed by atoms with E-state index in [1.165, 1.54) is 0 Å². The number of aryl methyl sites for hydroxylation is 1. The van der Waals surface area contributed by atoms with Crippen molar-refractivity contribution >= 4 is 11.8 Å². The van der Waals surface area contributed by atoms with Gasteiger partial charge in [0, 0.05) is 18.8 Å². The van der Waals surface area contributed by atoms with Crippen molar-refractivity contribution in [3.63, 3.8) is 0 Å². The standard InChI is InChI=1S/C17H28N4O4/c1-10(2)14(22)8-16(23)21-5-6-25-15(9-21)12(4)18-17(24)13-7-11(3)19-20-13/h7,10,12,14-15,22H,5-6,8-9H2,1-4H3,(H,18,24)(H,19,20). The Morgan fingerprint density at radius 3 is 2.80 bits per heavy atom. The first-order valence-corrected chi connectivity index (χ1v) is 8.68. The van der Waals surface area contributed by atoms with Gasteiger partial charge >= 0.3 is 0 Å². The number of carbonyl (C=O) groups is 2. The molecule has 0 spiro atoms. The first-order chi connectivity index (χ1) is 11.8. The number of aliphatic hydroxyl groups excluding tert-OH is 1. The van der Waals surface area contributed by atoms with E-state index in [9.17, 15) is 14.7 Å². The first kappa shape index (κ1) is 19.4. The van der Waals surface area contributed by atoms with E-state index >= 15 is 0 Å². The van der Waals surface area contributed by atoms with Gasteiger partial charge in [-0.05, 0) is 25.8 Å². The summed E-state index contributed by atoms with van der Waals surface area (Å²) >= 11 is 0. The number of H-pyrrole nitrogens is 1. The molecule has 2 rings (SSSR count). The molecule has 0 bridgehead atoms. The number of ether oxygens (including phenoxy) is 1. The summed E-state index contributed by atoms with van der Waals surface area (Å²) in [5.74, 6) is -0.327. The van der Waals surface area contributed by atoms with Crippen LogP contribution in [0.3, 0.4) is 0 Å². The zero-order valence-electron chi connectivity index (χ0n) is 15.3. The minimum atomic E-state index is -0.645. The Bertz CT molecular complexity index is 601. The number of rotatable bonds is 6. The second-order valence-electron chi connectivity index (χ2n) is 6.96. The van der Waals surface area contributed by atoms with Crippen LogP contribution in [-0.2, 0) is 9.53 Å². The van der Waals surface area contributed by atoms with Crippen LogP contribution >= 0.6 is 0 Å². The summed E-state index contributed by atoms with van der Waals surface area (Å²) in [5.41, 5.74) is 1.14. The third-order valence-corrected chi connectivity index (χ3v) is 4.45. The molecule has 0 radical (unpaired) electrons. The van der Waals surface area contributed by atoms with Gasteiger partial charge in [-0.3, -0.25) is 14.7 Å². The van der Waals surface area contributed by atoms with E-state index in [0.717, 1.165) is 5.69 Å². The lowest BCUT2D eigenvalue weighted by atomic mass is 10.0. The Labute approximate surface area is 147 Å². The first-order valence-electron chi connectivity index (χ1n) is 8.68. The summed E-state index contributed by atoms with van der Waals surface area (Å²) in [6, 6.07) is 1.41. The number of hydrogen-bond donors (Lipinski definition) is 3. The van der Waals surface area contributed by atoms with E-state index in [4.69, 9.17) is 4.74 Å². The van der Waals surface area contributed by atoms with Crippen molar-refractivity contribution in [1.29, 1.82) is 0 Å². The highest BCUT2D eigenvalue weighted by Crippen LogP contribution is 2.14. The smallest absolute Gasteiger partial charge is 0.272 e. The highest BCUT2D eigenvalue weighted by molar-refractivity contribution is 5.92.